The fraction of sp³-hybridized carbons (Fsp3) is 0.0833. The number of halogens is 1. The van der Waals surface area contributed by atoms with E-state index in [4.69, 9.17) is 15.3 Å². The molecular weight excluding hydrogens is 281 g/mol. The average Bonchev–Trinajstić information content (AvgIpc) is 2.89. The van der Waals surface area contributed by atoms with Gasteiger partial charge in [0, 0.05) is 6.07 Å². The summed E-state index contributed by atoms with van der Waals surface area (Å²) in [5, 5.41) is 28.6. The molecular formula is C12H6FN5O3. The van der Waals surface area contributed by atoms with E-state index in [9.17, 15) is 14.5 Å². The van der Waals surface area contributed by atoms with Crippen LogP contribution in [0.15, 0.2) is 18.5 Å². The highest BCUT2D eigenvalue weighted by molar-refractivity contribution is 5.56. The minimum absolute atomic E-state index is 0.172. The minimum atomic E-state index is -0.944. The number of methoxy groups -OCH3 is 1. The number of aromatic nitrogens is 2. The third kappa shape index (κ3) is 2.24. The first kappa shape index (κ1) is 14.0. The molecule has 0 aliphatic heterocycles. The largest absolute Gasteiger partial charge is 0.490 e. The molecule has 1 aromatic heterocycles. The number of nitriles is 2. The molecule has 0 fully saturated rings. The lowest BCUT2D eigenvalue weighted by atomic mass is 10.2. The zero-order valence-corrected chi connectivity index (χ0v) is 10.6. The fourth-order valence-corrected chi connectivity index (χ4v) is 1.74. The van der Waals surface area contributed by atoms with Crippen molar-refractivity contribution >= 4 is 5.69 Å². The van der Waals surface area contributed by atoms with Crippen molar-refractivity contribution in [2.45, 2.75) is 0 Å². The van der Waals surface area contributed by atoms with Crippen LogP contribution in [0.1, 0.15) is 11.4 Å². The second kappa shape index (κ2) is 5.27. The molecule has 0 saturated carbocycles. The molecule has 0 aliphatic rings. The van der Waals surface area contributed by atoms with Crippen LogP contribution in [0.3, 0.4) is 0 Å². The van der Waals surface area contributed by atoms with Crippen LogP contribution in [0, 0.1) is 38.6 Å². The van der Waals surface area contributed by atoms with Gasteiger partial charge in [0.15, 0.2) is 23.0 Å². The quantitative estimate of drug-likeness (QED) is 0.625. The molecule has 1 heterocycles. The van der Waals surface area contributed by atoms with Crippen molar-refractivity contribution < 1.29 is 14.1 Å². The highest BCUT2D eigenvalue weighted by atomic mass is 19.1. The van der Waals surface area contributed by atoms with E-state index in [1.54, 1.807) is 12.1 Å². The normalized spacial score (nSPS) is 9.71. The van der Waals surface area contributed by atoms with E-state index in [0.29, 0.717) is 6.07 Å². The molecule has 0 spiro atoms. The first-order valence-electron chi connectivity index (χ1n) is 5.43. The molecule has 0 amide bonds. The van der Waals surface area contributed by atoms with Gasteiger partial charge in [0.1, 0.15) is 18.5 Å². The molecule has 21 heavy (non-hydrogen) atoms. The molecule has 2 rings (SSSR count). The second-order valence-electron chi connectivity index (χ2n) is 3.77. The number of ether oxygens (including phenoxy) is 1. The zero-order chi connectivity index (χ0) is 15.6. The van der Waals surface area contributed by atoms with Crippen molar-refractivity contribution in [1.82, 2.24) is 9.55 Å². The SMILES string of the molecule is COc1cc(-n2cnc(C#N)c2C#N)c(F)cc1[N+](=O)[O-]. The highest BCUT2D eigenvalue weighted by Gasteiger charge is 2.22. The number of rotatable bonds is 3. The predicted octanol–water partition coefficient (Wildman–Crippen LogP) is 1.67. The molecule has 0 bridgehead atoms. The standard InChI is InChI=1S/C12H6FN5O3/c1-21-12-3-9(7(13)2-10(12)18(19)20)17-6-16-8(4-14)11(17)5-15/h2-3,6H,1H3. The van der Waals surface area contributed by atoms with Crippen LogP contribution >= 0.6 is 0 Å². The summed E-state index contributed by atoms with van der Waals surface area (Å²) in [6.07, 6.45) is 1.08. The van der Waals surface area contributed by atoms with Crippen molar-refractivity contribution in [1.29, 1.82) is 10.5 Å². The summed E-state index contributed by atoms with van der Waals surface area (Å²) in [4.78, 5) is 13.7. The van der Waals surface area contributed by atoms with E-state index < -0.39 is 16.4 Å². The van der Waals surface area contributed by atoms with Gasteiger partial charge in [0.25, 0.3) is 0 Å². The monoisotopic (exact) mass is 287 g/mol. The summed E-state index contributed by atoms with van der Waals surface area (Å²) in [5.41, 5.74) is -1.07. The van der Waals surface area contributed by atoms with Gasteiger partial charge in [0.2, 0.25) is 0 Å². The van der Waals surface area contributed by atoms with E-state index >= 15 is 0 Å². The fourth-order valence-electron chi connectivity index (χ4n) is 1.74. The topological polar surface area (TPSA) is 118 Å². The first-order chi connectivity index (χ1) is 10.0. The Labute approximate surface area is 117 Å². The van der Waals surface area contributed by atoms with Gasteiger partial charge in [-0.05, 0) is 0 Å². The zero-order valence-electron chi connectivity index (χ0n) is 10.6. The number of nitro benzene ring substituents is 1. The number of nitro groups is 1. The molecule has 0 radical (unpaired) electrons. The van der Waals surface area contributed by atoms with Gasteiger partial charge in [-0.2, -0.15) is 10.5 Å². The molecule has 0 saturated heterocycles. The first-order valence-corrected chi connectivity index (χ1v) is 5.43. The number of hydrogen-bond donors (Lipinski definition) is 0. The Kier molecular flexibility index (Phi) is 3.50. The molecule has 8 nitrogen and oxygen atoms in total. The Hall–Kier alpha value is -3.46. The maximum Gasteiger partial charge on any atom is 0.313 e. The summed E-state index contributed by atoms with van der Waals surface area (Å²) in [7, 11) is 1.20. The molecule has 0 unspecified atom stereocenters. The number of nitrogens with zero attached hydrogens (tertiary/aromatic N) is 5. The Morgan fingerprint density at radius 1 is 1.43 bits per heavy atom. The van der Waals surface area contributed by atoms with Gasteiger partial charge in [-0.15, -0.1) is 0 Å². The Bertz CT molecular complexity index is 816. The van der Waals surface area contributed by atoms with Crippen LogP contribution < -0.4 is 4.74 Å². The molecule has 104 valence electrons. The third-order valence-corrected chi connectivity index (χ3v) is 2.68. The predicted molar refractivity (Wildman–Crippen MR) is 66.2 cm³/mol. The van der Waals surface area contributed by atoms with E-state index in [2.05, 4.69) is 4.98 Å². The number of imidazole rings is 1. The third-order valence-electron chi connectivity index (χ3n) is 2.68. The molecule has 9 heteroatoms. The molecule has 0 atom stereocenters. The summed E-state index contributed by atoms with van der Waals surface area (Å²) < 4.78 is 19.9. The van der Waals surface area contributed by atoms with E-state index in [1.807, 2.05) is 0 Å². The minimum Gasteiger partial charge on any atom is -0.490 e. The van der Waals surface area contributed by atoms with Crippen molar-refractivity contribution in [2.75, 3.05) is 7.11 Å². The van der Waals surface area contributed by atoms with Gasteiger partial charge in [-0.1, -0.05) is 0 Å². The van der Waals surface area contributed by atoms with Crippen LogP contribution in [0.2, 0.25) is 0 Å². The van der Waals surface area contributed by atoms with Crippen LogP contribution in [-0.2, 0) is 0 Å². The summed E-state index contributed by atoms with van der Waals surface area (Å²) in [6.45, 7) is 0. The average molecular weight is 287 g/mol. The lowest BCUT2D eigenvalue weighted by Crippen LogP contribution is -2.03. The van der Waals surface area contributed by atoms with Gasteiger partial charge < -0.3 is 4.74 Å². The molecule has 1 aromatic carbocycles. The van der Waals surface area contributed by atoms with Crippen LogP contribution in [0.5, 0.6) is 5.75 Å². The van der Waals surface area contributed by atoms with Crippen LogP contribution in [0.25, 0.3) is 5.69 Å². The second-order valence-corrected chi connectivity index (χ2v) is 3.77. The Morgan fingerprint density at radius 3 is 2.67 bits per heavy atom. The van der Waals surface area contributed by atoms with Crippen LogP contribution in [-0.4, -0.2) is 21.6 Å². The molecule has 0 aliphatic carbocycles. The van der Waals surface area contributed by atoms with Crippen molar-refractivity contribution in [3.05, 3.63) is 45.8 Å². The summed E-state index contributed by atoms with van der Waals surface area (Å²) in [6, 6.07) is 5.18. The molecule has 2 aromatic rings. The van der Waals surface area contributed by atoms with E-state index in [-0.39, 0.29) is 22.8 Å². The lowest BCUT2D eigenvalue weighted by molar-refractivity contribution is -0.385. The molecule has 0 N–H and O–H groups in total. The van der Waals surface area contributed by atoms with Gasteiger partial charge in [-0.25, -0.2) is 9.37 Å². The van der Waals surface area contributed by atoms with Gasteiger partial charge >= 0.3 is 5.69 Å². The smallest absolute Gasteiger partial charge is 0.313 e. The summed E-state index contributed by atoms with van der Waals surface area (Å²) >= 11 is 0. The number of benzene rings is 1. The maximum absolute atomic E-state index is 14.0. The van der Waals surface area contributed by atoms with Gasteiger partial charge in [0.05, 0.1) is 23.8 Å². The number of hydrogen-bond acceptors (Lipinski definition) is 6. The maximum atomic E-state index is 14.0. The summed E-state index contributed by atoms with van der Waals surface area (Å²) in [5.74, 6) is -1.12. The van der Waals surface area contributed by atoms with Crippen LogP contribution in [0.4, 0.5) is 10.1 Å². The van der Waals surface area contributed by atoms with Crippen molar-refractivity contribution in [2.24, 2.45) is 0 Å². The van der Waals surface area contributed by atoms with Crippen molar-refractivity contribution in [3.8, 4) is 23.6 Å². The highest BCUT2D eigenvalue weighted by Crippen LogP contribution is 2.32. The lowest BCUT2D eigenvalue weighted by Gasteiger charge is -2.08. The van der Waals surface area contributed by atoms with Gasteiger partial charge in [-0.3, -0.25) is 14.7 Å². The Morgan fingerprint density at radius 2 is 2.14 bits per heavy atom. The Balaban J connectivity index is 2.72. The van der Waals surface area contributed by atoms with E-state index in [0.717, 1.165) is 17.0 Å². The van der Waals surface area contributed by atoms with E-state index in [1.165, 1.54) is 7.11 Å². The van der Waals surface area contributed by atoms with Crippen molar-refractivity contribution in [3.63, 3.8) is 0 Å².